The van der Waals surface area contributed by atoms with Crippen molar-refractivity contribution in [2.45, 2.75) is 51.9 Å². The van der Waals surface area contributed by atoms with Crippen molar-refractivity contribution in [3.8, 4) is 0 Å². The van der Waals surface area contributed by atoms with E-state index in [0.29, 0.717) is 22.6 Å². The third-order valence-electron chi connectivity index (χ3n) is 5.01. The van der Waals surface area contributed by atoms with Crippen molar-refractivity contribution in [2.24, 2.45) is 0 Å². The van der Waals surface area contributed by atoms with E-state index in [2.05, 4.69) is 36.3 Å². The summed E-state index contributed by atoms with van der Waals surface area (Å²) in [4.78, 5) is 30.0. The molecule has 1 N–H and O–H groups in total. The summed E-state index contributed by atoms with van der Waals surface area (Å²) < 4.78 is 1.67. The zero-order chi connectivity index (χ0) is 21.0. The third kappa shape index (κ3) is 4.88. The minimum absolute atomic E-state index is 0.0520. The Kier molecular flexibility index (Phi) is 6.75. The highest BCUT2D eigenvalue weighted by atomic mass is 32.2. The first kappa shape index (κ1) is 21.1. The molecule has 0 radical (unpaired) electrons. The lowest BCUT2D eigenvalue weighted by Gasteiger charge is -2.16. The summed E-state index contributed by atoms with van der Waals surface area (Å²) >= 11 is 1.31. The number of aryl methyl sites for hydroxylation is 2. The quantitative estimate of drug-likeness (QED) is 0.464. The fourth-order valence-corrected chi connectivity index (χ4v) is 4.05. The molecule has 0 saturated carbocycles. The lowest BCUT2D eigenvalue weighted by Crippen LogP contribution is -2.29. The molecule has 5 nitrogen and oxygen atoms in total. The fraction of sp³-hybridized carbons (Fsp3) is 0.348. The maximum atomic E-state index is 12.8. The van der Waals surface area contributed by atoms with Gasteiger partial charge < -0.3 is 5.32 Å². The number of aromatic nitrogens is 2. The lowest BCUT2D eigenvalue weighted by atomic mass is 10.0. The van der Waals surface area contributed by atoms with Gasteiger partial charge in [0.15, 0.2) is 5.16 Å². The van der Waals surface area contributed by atoms with Gasteiger partial charge in [-0.1, -0.05) is 49.0 Å². The Balaban J connectivity index is 1.74. The molecule has 0 saturated heterocycles. The van der Waals surface area contributed by atoms with Gasteiger partial charge in [0.1, 0.15) is 0 Å². The molecular formula is C23H27N3O2S. The van der Waals surface area contributed by atoms with Crippen molar-refractivity contribution in [2.75, 3.05) is 5.75 Å². The molecule has 0 bridgehead atoms. The summed E-state index contributed by atoms with van der Waals surface area (Å²) in [6, 6.07) is 13.5. The Morgan fingerprint density at radius 2 is 1.93 bits per heavy atom. The molecule has 0 aliphatic carbocycles. The Hall–Kier alpha value is -2.60. The number of nitrogens with zero attached hydrogens (tertiary/aromatic N) is 2. The minimum Gasteiger partial charge on any atom is -0.349 e. The Bertz CT molecular complexity index is 1090. The van der Waals surface area contributed by atoms with E-state index in [1.54, 1.807) is 10.6 Å². The maximum absolute atomic E-state index is 12.8. The average molecular weight is 410 g/mol. The van der Waals surface area contributed by atoms with Gasteiger partial charge in [-0.3, -0.25) is 14.2 Å². The van der Waals surface area contributed by atoms with Crippen LogP contribution in [-0.2, 0) is 11.3 Å². The van der Waals surface area contributed by atoms with Crippen molar-refractivity contribution < 1.29 is 4.79 Å². The molecule has 6 heteroatoms. The molecule has 0 fully saturated rings. The number of fused-ring (bicyclic) bond motifs is 1. The normalized spacial score (nSPS) is 12.1. The number of nitrogens with one attached hydrogen (secondary N) is 1. The molecule has 29 heavy (non-hydrogen) atoms. The van der Waals surface area contributed by atoms with Crippen LogP contribution in [0.2, 0.25) is 0 Å². The highest BCUT2D eigenvalue weighted by Crippen LogP contribution is 2.20. The monoisotopic (exact) mass is 409 g/mol. The summed E-state index contributed by atoms with van der Waals surface area (Å²) in [5, 5.41) is 4.24. The van der Waals surface area contributed by atoms with Gasteiger partial charge in [0, 0.05) is 6.54 Å². The fourth-order valence-electron chi connectivity index (χ4n) is 3.21. The van der Waals surface area contributed by atoms with Crippen LogP contribution in [-0.4, -0.2) is 21.2 Å². The summed E-state index contributed by atoms with van der Waals surface area (Å²) in [5.41, 5.74) is 4.14. The molecule has 1 atom stereocenters. The van der Waals surface area contributed by atoms with Crippen molar-refractivity contribution in [1.82, 2.24) is 14.9 Å². The summed E-state index contributed by atoms with van der Waals surface area (Å²) in [7, 11) is 0. The maximum Gasteiger partial charge on any atom is 0.262 e. The third-order valence-corrected chi connectivity index (χ3v) is 5.99. The second kappa shape index (κ2) is 9.27. The van der Waals surface area contributed by atoms with Gasteiger partial charge in [0.25, 0.3) is 5.56 Å². The van der Waals surface area contributed by atoms with Gasteiger partial charge in [-0.2, -0.15) is 0 Å². The van der Waals surface area contributed by atoms with E-state index in [1.165, 1.54) is 22.9 Å². The van der Waals surface area contributed by atoms with E-state index in [1.807, 2.05) is 38.1 Å². The van der Waals surface area contributed by atoms with Gasteiger partial charge >= 0.3 is 0 Å². The molecule has 1 unspecified atom stereocenters. The van der Waals surface area contributed by atoms with Crippen molar-refractivity contribution in [3.63, 3.8) is 0 Å². The number of hydrogen-bond acceptors (Lipinski definition) is 4. The molecule has 0 spiro atoms. The number of amides is 1. The van der Waals surface area contributed by atoms with Crippen LogP contribution in [0.25, 0.3) is 10.9 Å². The van der Waals surface area contributed by atoms with Crippen LogP contribution in [0.1, 0.15) is 43.0 Å². The first-order chi connectivity index (χ1) is 13.9. The largest absolute Gasteiger partial charge is 0.349 e. The van der Waals surface area contributed by atoms with E-state index >= 15 is 0 Å². The molecular weight excluding hydrogens is 382 g/mol. The molecule has 1 heterocycles. The van der Waals surface area contributed by atoms with Crippen LogP contribution in [0, 0.1) is 13.8 Å². The first-order valence-corrected chi connectivity index (χ1v) is 10.9. The van der Waals surface area contributed by atoms with Crippen LogP contribution in [0.4, 0.5) is 0 Å². The van der Waals surface area contributed by atoms with Gasteiger partial charge in [-0.15, -0.1) is 0 Å². The van der Waals surface area contributed by atoms with Crippen LogP contribution < -0.4 is 10.9 Å². The van der Waals surface area contributed by atoms with Crippen LogP contribution >= 0.6 is 11.8 Å². The van der Waals surface area contributed by atoms with E-state index in [4.69, 9.17) is 0 Å². The number of carbonyl (C=O) groups excluding carboxylic acids is 1. The zero-order valence-electron chi connectivity index (χ0n) is 17.4. The number of carbonyl (C=O) groups is 1. The number of benzene rings is 2. The molecule has 1 aromatic heterocycles. The van der Waals surface area contributed by atoms with Gasteiger partial charge in [-0.05, 0) is 56.0 Å². The van der Waals surface area contributed by atoms with Gasteiger partial charge in [-0.25, -0.2) is 4.98 Å². The van der Waals surface area contributed by atoms with Crippen LogP contribution in [0.15, 0.2) is 52.4 Å². The zero-order valence-corrected chi connectivity index (χ0v) is 18.2. The molecule has 2 aromatic carbocycles. The summed E-state index contributed by atoms with van der Waals surface area (Å²) in [6.45, 7) is 8.73. The van der Waals surface area contributed by atoms with Crippen molar-refractivity contribution in [1.29, 1.82) is 0 Å². The Morgan fingerprint density at radius 3 is 2.66 bits per heavy atom. The standard InChI is InChI=1S/C23H27N3O2S/c1-5-12-26-22(28)19-8-6-7-9-20(19)25-23(26)29-14-21(27)24-17(4)18-11-10-15(2)16(3)13-18/h6-11,13,17H,5,12,14H2,1-4H3,(H,24,27). The molecule has 0 aliphatic rings. The highest BCUT2D eigenvalue weighted by molar-refractivity contribution is 7.99. The molecule has 3 rings (SSSR count). The van der Waals surface area contributed by atoms with E-state index in [9.17, 15) is 9.59 Å². The molecule has 152 valence electrons. The lowest BCUT2D eigenvalue weighted by molar-refractivity contribution is -0.119. The van der Waals surface area contributed by atoms with Crippen molar-refractivity contribution >= 4 is 28.6 Å². The van der Waals surface area contributed by atoms with Gasteiger partial charge in [0.05, 0.1) is 22.7 Å². The molecule has 0 aliphatic heterocycles. The second-order valence-electron chi connectivity index (χ2n) is 7.29. The number of para-hydroxylation sites is 1. The van der Waals surface area contributed by atoms with Crippen LogP contribution in [0.3, 0.4) is 0 Å². The van der Waals surface area contributed by atoms with Crippen molar-refractivity contribution in [3.05, 3.63) is 69.5 Å². The van der Waals surface area contributed by atoms with E-state index in [-0.39, 0.29) is 23.3 Å². The Morgan fingerprint density at radius 1 is 1.17 bits per heavy atom. The predicted octanol–water partition coefficient (Wildman–Crippen LogP) is 4.39. The van der Waals surface area contributed by atoms with E-state index < -0.39 is 0 Å². The Labute approximate surface area is 175 Å². The topological polar surface area (TPSA) is 64.0 Å². The minimum atomic E-state index is -0.0789. The summed E-state index contributed by atoms with van der Waals surface area (Å²) in [6.07, 6.45) is 0.823. The first-order valence-electron chi connectivity index (χ1n) is 9.89. The van der Waals surface area contributed by atoms with Crippen LogP contribution in [0.5, 0.6) is 0 Å². The van der Waals surface area contributed by atoms with E-state index in [0.717, 1.165) is 12.0 Å². The highest BCUT2D eigenvalue weighted by Gasteiger charge is 2.15. The predicted molar refractivity (Wildman–Crippen MR) is 119 cm³/mol. The second-order valence-corrected chi connectivity index (χ2v) is 8.23. The number of thioether (sulfide) groups is 1. The SMILES string of the molecule is CCCn1c(SCC(=O)NC(C)c2ccc(C)c(C)c2)nc2ccccc2c1=O. The van der Waals surface area contributed by atoms with Gasteiger partial charge in [0.2, 0.25) is 5.91 Å². The smallest absolute Gasteiger partial charge is 0.262 e. The molecule has 1 amide bonds. The summed E-state index contributed by atoms with van der Waals surface area (Å²) in [5.74, 6) is 0.134. The molecule has 3 aromatic rings. The number of hydrogen-bond donors (Lipinski definition) is 1. The number of rotatable bonds is 7. The average Bonchev–Trinajstić information content (AvgIpc) is 2.71.